The van der Waals surface area contributed by atoms with Crippen molar-refractivity contribution in [2.75, 3.05) is 16.6 Å². The Morgan fingerprint density at radius 2 is 1.96 bits per heavy atom. The van der Waals surface area contributed by atoms with Crippen molar-refractivity contribution in [1.82, 2.24) is 9.97 Å². The van der Waals surface area contributed by atoms with Crippen LogP contribution in [0, 0.1) is 0 Å². The fraction of sp³-hybridized carbons (Fsp3) is 0.0833. The Morgan fingerprint density at radius 3 is 2.70 bits per heavy atom. The molecule has 1 aromatic heterocycles. The predicted octanol–water partition coefficient (Wildman–Crippen LogP) is -0.805. The first-order chi connectivity index (χ1) is 10.8. The van der Waals surface area contributed by atoms with Gasteiger partial charge in [0.15, 0.2) is 11.5 Å². The van der Waals surface area contributed by atoms with Gasteiger partial charge < -0.3 is 15.0 Å². The van der Waals surface area contributed by atoms with E-state index in [9.17, 15) is 22.8 Å². The summed E-state index contributed by atoms with van der Waals surface area (Å²) in [6.45, 7) is -0.120. The van der Waals surface area contributed by atoms with Crippen LogP contribution in [0.4, 0.5) is 11.4 Å². The number of carbonyl (C=O) groups excluding carboxylic acids is 1. The average Bonchev–Trinajstić information content (AvgIpc) is 2.45. The van der Waals surface area contributed by atoms with E-state index in [1.807, 2.05) is 4.98 Å². The molecule has 11 heteroatoms. The number of nitrogens with one attached hydrogen (secondary N) is 4. The Bertz CT molecular complexity index is 1010. The van der Waals surface area contributed by atoms with E-state index in [-0.39, 0.29) is 18.2 Å². The molecular weight excluding hydrogens is 328 g/mol. The maximum atomic E-state index is 12.2. The molecule has 0 bridgehead atoms. The molecule has 2 heterocycles. The summed E-state index contributed by atoms with van der Waals surface area (Å²) >= 11 is 0. The number of H-pyrrole nitrogens is 2. The maximum Gasteiger partial charge on any atom is 0.325 e. The highest BCUT2D eigenvalue weighted by Gasteiger charge is 2.21. The maximum absolute atomic E-state index is 12.2. The number of aromatic nitrogens is 2. The number of fused-ring (bicyclic) bond motifs is 1. The molecule has 4 N–H and O–H groups in total. The number of rotatable bonds is 3. The topological polar surface area (TPSA) is 150 Å². The summed E-state index contributed by atoms with van der Waals surface area (Å²) < 4.78 is 31.7. The molecule has 23 heavy (non-hydrogen) atoms. The van der Waals surface area contributed by atoms with Gasteiger partial charge in [0.2, 0.25) is 0 Å². The molecule has 10 nitrogen and oxygen atoms in total. The molecule has 0 aliphatic carbocycles. The van der Waals surface area contributed by atoms with Crippen molar-refractivity contribution in [1.29, 1.82) is 0 Å². The van der Waals surface area contributed by atoms with Gasteiger partial charge in [0, 0.05) is 6.20 Å². The molecule has 0 saturated carbocycles. The summed E-state index contributed by atoms with van der Waals surface area (Å²) in [5.41, 5.74) is -1.45. The molecule has 2 aromatic rings. The second kappa shape index (κ2) is 5.28. The largest absolute Gasteiger partial charge is 0.482 e. The van der Waals surface area contributed by atoms with E-state index in [0.717, 1.165) is 6.20 Å². The van der Waals surface area contributed by atoms with Crippen LogP contribution in [0.5, 0.6) is 5.75 Å². The number of benzene rings is 1. The lowest BCUT2D eigenvalue weighted by Crippen LogP contribution is -2.29. The number of carbonyl (C=O) groups is 1. The Hall–Kier alpha value is -3.08. The second-order valence-corrected chi connectivity index (χ2v) is 6.24. The van der Waals surface area contributed by atoms with E-state index >= 15 is 0 Å². The van der Waals surface area contributed by atoms with Crippen LogP contribution >= 0.6 is 0 Å². The van der Waals surface area contributed by atoms with E-state index in [1.165, 1.54) is 18.2 Å². The molecular formula is C12H10N4O6S. The van der Waals surface area contributed by atoms with Crippen molar-refractivity contribution in [3.8, 4) is 5.75 Å². The first kappa shape index (κ1) is 14.8. The van der Waals surface area contributed by atoms with Gasteiger partial charge >= 0.3 is 5.69 Å². The van der Waals surface area contributed by atoms with Gasteiger partial charge in [-0.15, -0.1) is 0 Å². The Balaban J connectivity index is 1.95. The van der Waals surface area contributed by atoms with Gasteiger partial charge in [0.25, 0.3) is 21.5 Å². The van der Waals surface area contributed by atoms with Crippen LogP contribution in [0.25, 0.3) is 0 Å². The van der Waals surface area contributed by atoms with Crippen LogP contribution in [0.2, 0.25) is 0 Å². The third kappa shape index (κ3) is 2.94. The molecule has 0 radical (unpaired) electrons. The van der Waals surface area contributed by atoms with Crippen LogP contribution in [0.15, 0.2) is 38.9 Å². The van der Waals surface area contributed by atoms with Crippen molar-refractivity contribution in [2.24, 2.45) is 0 Å². The number of sulfonamides is 1. The van der Waals surface area contributed by atoms with Crippen molar-refractivity contribution < 1.29 is 17.9 Å². The number of ether oxygens (including phenoxy) is 1. The van der Waals surface area contributed by atoms with Gasteiger partial charge in [-0.05, 0) is 18.2 Å². The Labute approximate surface area is 128 Å². The normalized spacial score (nSPS) is 13.7. The zero-order chi connectivity index (χ0) is 16.6. The highest BCUT2D eigenvalue weighted by Crippen LogP contribution is 2.30. The van der Waals surface area contributed by atoms with Crippen molar-refractivity contribution in [3.05, 3.63) is 45.2 Å². The molecule has 0 saturated heterocycles. The highest BCUT2D eigenvalue weighted by molar-refractivity contribution is 7.92. The minimum atomic E-state index is -4.22. The van der Waals surface area contributed by atoms with Crippen LogP contribution in [-0.2, 0) is 14.8 Å². The number of aromatic amines is 2. The standard InChI is InChI=1S/C12H10N4O6S/c17-10-5-22-8-2-1-6(3-7(8)14-10)16-23(20,21)9-4-13-12(19)15-11(9)18/h1-4,16H,5H2,(H,14,17)(H2,13,15,18,19). The Kier molecular flexibility index (Phi) is 3.41. The van der Waals surface area contributed by atoms with Gasteiger partial charge in [-0.1, -0.05) is 0 Å². The molecule has 3 rings (SSSR count). The van der Waals surface area contributed by atoms with Crippen LogP contribution in [0.1, 0.15) is 0 Å². The summed E-state index contributed by atoms with van der Waals surface area (Å²) in [5, 5.41) is 2.53. The average molecular weight is 338 g/mol. The lowest BCUT2D eigenvalue weighted by atomic mass is 10.2. The highest BCUT2D eigenvalue weighted by atomic mass is 32.2. The summed E-state index contributed by atoms with van der Waals surface area (Å²) in [6, 6.07) is 4.24. The first-order valence-electron chi connectivity index (χ1n) is 6.27. The van der Waals surface area contributed by atoms with Crippen LogP contribution in [-0.4, -0.2) is 30.9 Å². The fourth-order valence-electron chi connectivity index (χ4n) is 1.95. The van der Waals surface area contributed by atoms with Gasteiger partial charge in [0.05, 0.1) is 11.4 Å². The second-order valence-electron chi connectivity index (χ2n) is 4.59. The molecule has 1 aliphatic rings. The van der Waals surface area contributed by atoms with E-state index < -0.39 is 26.2 Å². The van der Waals surface area contributed by atoms with Crippen molar-refractivity contribution in [2.45, 2.75) is 4.90 Å². The van der Waals surface area contributed by atoms with Crippen molar-refractivity contribution >= 4 is 27.3 Å². The zero-order valence-electron chi connectivity index (χ0n) is 11.4. The molecule has 120 valence electrons. The van der Waals surface area contributed by atoms with Crippen molar-refractivity contribution in [3.63, 3.8) is 0 Å². The summed E-state index contributed by atoms with van der Waals surface area (Å²) in [6.07, 6.45) is 0.798. The van der Waals surface area contributed by atoms with Gasteiger partial charge in [-0.2, -0.15) is 0 Å². The van der Waals surface area contributed by atoms with E-state index in [4.69, 9.17) is 4.74 Å². The minimum absolute atomic E-state index is 0.111. The van der Waals surface area contributed by atoms with Crippen LogP contribution in [0.3, 0.4) is 0 Å². The number of amides is 1. The molecule has 1 amide bonds. The first-order valence-corrected chi connectivity index (χ1v) is 7.75. The minimum Gasteiger partial charge on any atom is -0.482 e. The number of anilines is 2. The number of hydrogen-bond donors (Lipinski definition) is 4. The van der Waals surface area contributed by atoms with Crippen LogP contribution < -0.4 is 26.0 Å². The summed E-state index contributed by atoms with van der Waals surface area (Å²) in [4.78, 5) is 37.0. The van der Waals surface area contributed by atoms with E-state index in [1.54, 1.807) is 0 Å². The number of hydrogen-bond acceptors (Lipinski definition) is 6. The molecule has 1 aromatic carbocycles. The Morgan fingerprint density at radius 1 is 1.17 bits per heavy atom. The summed E-state index contributed by atoms with van der Waals surface area (Å²) in [5.74, 6) is 0.0315. The van der Waals surface area contributed by atoms with E-state index in [0.29, 0.717) is 11.4 Å². The third-order valence-electron chi connectivity index (χ3n) is 2.94. The molecule has 0 spiro atoms. The molecule has 0 fully saturated rings. The van der Waals surface area contributed by atoms with Gasteiger partial charge in [-0.25, -0.2) is 13.2 Å². The quantitative estimate of drug-likeness (QED) is 0.575. The SMILES string of the molecule is O=C1COc2ccc(NS(=O)(=O)c3c[nH]c(=O)[nH]c3=O)cc2N1. The lowest BCUT2D eigenvalue weighted by molar-refractivity contribution is -0.118. The predicted molar refractivity (Wildman–Crippen MR) is 79.1 cm³/mol. The van der Waals surface area contributed by atoms with E-state index in [2.05, 4.69) is 15.0 Å². The fourth-order valence-corrected chi connectivity index (χ4v) is 3.01. The smallest absolute Gasteiger partial charge is 0.325 e. The zero-order valence-corrected chi connectivity index (χ0v) is 12.2. The molecule has 1 aliphatic heterocycles. The lowest BCUT2D eigenvalue weighted by Gasteiger charge is -2.18. The van der Waals surface area contributed by atoms with Gasteiger partial charge in [-0.3, -0.25) is 19.3 Å². The molecule has 0 unspecified atom stereocenters. The van der Waals surface area contributed by atoms with Gasteiger partial charge in [0.1, 0.15) is 5.75 Å². The molecule has 0 atom stereocenters. The third-order valence-corrected chi connectivity index (χ3v) is 4.33. The monoisotopic (exact) mass is 338 g/mol. The summed E-state index contributed by atoms with van der Waals surface area (Å²) in [7, 11) is -4.22.